The zero-order valence-corrected chi connectivity index (χ0v) is 18.7. The van der Waals surface area contributed by atoms with E-state index in [1.54, 1.807) is 0 Å². The zero-order chi connectivity index (χ0) is 20.6. The van der Waals surface area contributed by atoms with Gasteiger partial charge in [0.2, 0.25) is 0 Å². The molecule has 0 bridgehead atoms. The van der Waals surface area contributed by atoms with Crippen LogP contribution in [0.25, 0.3) is 0 Å². The first-order chi connectivity index (χ1) is 14.5. The van der Waals surface area contributed by atoms with Crippen molar-refractivity contribution < 1.29 is 14.6 Å². The molecule has 3 heteroatoms. The van der Waals surface area contributed by atoms with Crippen molar-refractivity contribution in [1.29, 1.82) is 0 Å². The lowest BCUT2D eigenvalue weighted by atomic mass is 9.44. The first-order valence-corrected chi connectivity index (χ1v) is 12.4. The summed E-state index contributed by atoms with van der Waals surface area (Å²) < 4.78 is 12.9. The zero-order valence-electron chi connectivity index (χ0n) is 18.7. The molecule has 5 fully saturated rings. The molecule has 4 saturated carbocycles. The largest absolute Gasteiger partial charge is 0.393 e. The third-order valence-electron chi connectivity index (χ3n) is 10.7. The first kappa shape index (κ1) is 19.8. The molecule has 0 radical (unpaired) electrons. The molecule has 0 amide bonds. The van der Waals surface area contributed by atoms with E-state index in [4.69, 9.17) is 9.47 Å². The van der Waals surface area contributed by atoms with E-state index < -0.39 is 0 Å². The summed E-state index contributed by atoms with van der Waals surface area (Å²) in [5, 5.41) is 10.5. The van der Waals surface area contributed by atoms with Crippen molar-refractivity contribution in [1.82, 2.24) is 0 Å². The summed E-state index contributed by atoms with van der Waals surface area (Å²) in [5.74, 6) is 2.70. The Morgan fingerprint density at radius 2 is 1.77 bits per heavy atom. The van der Waals surface area contributed by atoms with Gasteiger partial charge in [-0.1, -0.05) is 44.2 Å². The standard InChI is InChI=1S/C27H38O3/c1-25-11-8-20(28)14-19(25)15-23(29-16-18-6-4-3-5-7-18)24-21(25)9-12-26(2)22(24)10-13-27(26)17-30-27/h3-7,19-24,28H,8-17H2,1-2H3/t19-,20-,21+,22+,23+,24-,25+,26+,27-/m1/s1. The second-order valence-corrected chi connectivity index (χ2v) is 11.8. The lowest BCUT2D eigenvalue weighted by Gasteiger charge is -2.62. The van der Waals surface area contributed by atoms with Crippen LogP contribution in [0, 0.1) is 34.5 Å². The van der Waals surface area contributed by atoms with Crippen LogP contribution in [0.4, 0.5) is 0 Å². The summed E-state index contributed by atoms with van der Waals surface area (Å²) in [6.07, 6.45) is 9.68. The van der Waals surface area contributed by atoms with Crippen LogP contribution in [0.5, 0.6) is 0 Å². The topological polar surface area (TPSA) is 42.0 Å². The van der Waals surface area contributed by atoms with Gasteiger partial charge in [0.1, 0.15) is 0 Å². The fourth-order valence-corrected chi connectivity index (χ4v) is 8.78. The van der Waals surface area contributed by atoms with E-state index in [1.165, 1.54) is 37.7 Å². The molecule has 6 rings (SSSR count). The Kier molecular flexibility index (Phi) is 4.48. The molecule has 5 aliphatic rings. The third kappa shape index (κ3) is 2.74. The van der Waals surface area contributed by atoms with E-state index in [0.717, 1.165) is 37.7 Å². The average Bonchev–Trinajstić information content (AvgIpc) is 3.48. The van der Waals surface area contributed by atoms with Gasteiger partial charge in [0, 0.05) is 5.41 Å². The summed E-state index contributed by atoms with van der Waals surface area (Å²) in [5.41, 5.74) is 2.17. The summed E-state index contributed by atoms with van der Waals surface area (Å²) in [4.78, 5) is 0. The number of aliphatic hydroxyl groups excluding tert-OH is 1. The number of fused-ring (bicyclic) bond motifs is 6. The predicted octanol–water partition coefficient (Wildman–Crippen LogP) is 5.35. The molecule has 1 saturated heterocycles. The smallest absolute Gasteiger partial charge is 0.0972 e. The van der Waals surface area contributed by atoms with Crippen LogP contribution in [0.15, 0.2) is 30.3 Å². The lowest BCUT2D eigenvalue weighted by Crippen LogP contribution is -2.59. The van der Waals surface area contributed by atoms with Crippen molar-refractivity contribution in [3.05, 3.63) is 35.9 Å². The van der Waals surface area contributed by atoms with Crippen molar-refractivity contribution in [2.45, 2.75) is 89.6 Å². The molecule has 1 heterocycles. The maximum absolute atomic E-state index is 10.5. The lowest BCUT2D eigenvalue weighted by molar-refractivity contribution is -0.190. The Bertz CT molecular complexity index is 789. The van der Waals surface area contributed by atoms with E-state index in [2.05, 4.69) is 44.2 Å². The number of hydrogen-bond donors (Lipinski definition) is 1. The molecule has 0 unspecified atom stereocenters. The Morgan fingerprint density at radius 3 is 2.53 bits per heavy atom. The fourth-order valence-electron chi connectivity index (χ4n) is 8.78. The van der Waals surface area contributed by atoms with Crippen LogP contribution in [-0.4, -0.2) is 29.5 Å². The summed E-state index contributed by atoms with van der Waals surface area (Å²) >= 11 is 0. The first-order valence-electron chi connectivity index (χ1n) is 12.4. The number of benzene rings is 1. The van der Waals surface area contributed by atoms with Crippen molar-refractivity contribution in [3.8, 4) is 0 Å². The van der Waals surface area contributed by atoms with Crippen LogP contribution in [0.2, 0.25) is 0 Å². The Labute approximate surface area is 181 Å². The third-order valence-corrected chi connectivity index (χ3v) is 10.7. The van der Waals surface area contributed by atoms with Gasteiger partial charge in [-0.05, 0) is 86.0 Å². The second-order valence-electron chi connectivity index (χ2n) is 11.8. The molecule has 164 valence electrons. The molecule has 9 atom stereocenters. The molecule has 3 nitrogen and oxygen atoms in total. The molecular weight excluding hydrogens is 372 g/mol. The molecule has 0 aromatic heterocycles. The molecule has 30 heavy (non-hydrogen) atoms. The molecule has 1 aromatic rings. The fraction of sp³-hybridized carbons (Fsp3) is 0.778. The van der Waals surface area contributed by atoms with Gasteiger partial charge in [0.25, 0.3) is 0 Å². The molecule has 1 N–H and O–H groups in total. The molecule has 1 aromatic carbocycles. The SMILES string of the molecule is C[C@]12CC[C@@H](O)C[C@@H]1C[C@H](OCc1ccccc1)[C@@H]1[C@@H]2CC[C@@]2(C)[C@H]1CC[C@@]21CO1. The van der Waals surface area contributed by atoms with Crippen molar-refractivity contribution in [3.63, 3.8) is 0 Å². The molecule has 1 spiro atoms. The number of epoxide rings is 1. The predicted molar refractivity (Wildman–Crippen MR) is 117 cm³/mol. The monoisotopic (exact) mass is 410 g/mol. The highest BCUT2D eigenvalue weighted by atomic mass is 16.6. The molecule has 1 aliphatic heterocycles. The van der Waals surface area contributed by atoms with E-state index in [9.17, 15) is 5.11 Å². The highest BCUT2D eigenvalue weighted by molar-refractivity contribution is 5.20. The van der Waals surface area contributed by atoms with Gasteiger partial charge >= 0.3 is 0 Å². The average molecular weight is 411 g/mol. The highest BCUT2D eigenvalue weighted by Gasteiger charge is 2.71. The van der Waals surface area contributed by atoms with Gasteiger partial charge in [0.15, 0.2) is 0 Å². The van der Waals surface area contributed by atoms with E-state index >= 15 is 0 Å². The highest BCUT2D eigenvalue weighted by Crippen LogP contribution is 2.71. The van der Waals surface area contributed by atoms with Crippen molar-refractivity contribution >= 4 is 0 Å². The van der Waals surface area contributed by atoms with E-state index in [-0.39, 0.29) is 11.7 Å². The van der Waals surface area contributed by atoms with Crippen molar-refractivity contribution in [2.75, 3.05) is 6.61 Å². The van der Waals surface area contributed by atoms with Crippen LogP contribution in [0.1, 0.15) is 70.8 Å². The number of rotatable bonds is 3. The number of ether oxygens (including phenoxy) is 2. The Balaban J connectivity index is 1.33. The van der Waals surface area contributed by atoms with Crippen LogP contribution in [0.3, 0.4) is 0 Å². The van der Waals surface area contributed by atoms with Gasteiger partial charge in [-0.15, -0.1) is 0 Å². The van der Waals surface area contributed by atoms with Crippen LogP contribution < -0.4 is 0 Å². The van der Waals surface area contributed by atoms with Gasteiger partial charge in [-0.3, -0.25) is 0 Å². The van der Waals surface area contributed by atoms with Gasteiger partial charge < -0.3 is 14.6 Å². The van der Waals surface area contributed by atoms with Gasteiger partial charge in [-0.25, -0.2) is 0 Å². The van der Waals surface area contributed by atoms with Crippen LogP contribution >= 0.6 is 0 Å². The minimum atomic E-state index is -0.113. The van der Waals surface area contributed by atoms with E-state index in [1.807, 2.05) is 0 Å². The Hall–Kier alpha value is -0.900. The quantitative estimate of drug-likeness (QED) is 0.683. The minimum absolute atomic E-state index is 0.113. The second kappa shape index (κ2) is 6.80. The molecular formula is C27H38O3. The summed E-state index contributed by atoms with van der Waals surface area (Å²) in [7, 11) is 0. The van der Waals surface area contributed by atoms with Crippen LogP contribution in [-0.2, 0) is 16.1 Å². The van der Waals surface area contributed by atoms with Gasteiger partial charge in [0.05, 0.1) is 31.0 Å². The van der Waals surface area contributed by atoms with Crippen molar-refractivity contribution in [2.24, 2.45) is 34.5 Å². The van der Waals surface area contributed by atoms with E-state index in [0.29, 0.717) is 35.4 Å². The maximum atomic E-state index is 10.5. The Morgan fingerprint density at radius 1 is 1.00 bits per heavy atom. The summed E-state index contributed by atoms with van der Waals surface area (Å²) in [6.45, 7) is 6.81. The van der Waals surface area contributed by atoms with Gasteiger partial charge in [-0.2, -0.15) is 0 Å². The summed E-state index contributed by atoms with van der Waals surface area (Å²) in [6, 6.07) is 10.7. The number of hydrogen-bond acceptors (Lipinski definition) is 3. The minimum Gasteiger partial charge on any atom is -0.393 e. The maximum Gasteiger partial charge on any atom is 0.0972 e. The normalized spacial score (nSPS) is 51.8. The molecule has 4 aliphatic carbocycles. The number of aliphatic hydroxyl groups is 1.